The van der Waals surface area contributed by atoms with E-state index >= 15 is 0 Å². The van der Waals surface area contributed by atoms with E-state index in [0.717, 1.165) is 0 Å². The fourth-order valence-corrected chi connectivity index (χ4v) is 2.34. The third kappa shape index (κ3) is 0.511. The maximum absolute atomic E-state index is 10.9. The van der Waals surface area contributed by atoms with Gasteiger partial charge in [0.05, 0.1) is 0 Å². The molecule has 0 saturated heterocycles. The SMILES string of the molecule is CC1(C)[C@@H]2[C@@H](O)C(=O)C[C@@H]21. The van der Waals surface area contributed by atoms with E-state index in [0.29, 0.717) is 12.3 Å². The van der Waals surface area contributed by atoms with Gasteiger partial charge in [-0.15, -0.1) is 0 Å². The standard InChI is InChI=1S/C8H12O2/c1-8(2)4-3-5(9)7(10)6(4)8/h4,6-7,10H,3H2,1-2H3/t4-,6-,7-/m0/s1. The highest BCUT2D eigenvalue weighted by Gasteiger charge is 2.66. The number of carbonyl (C=O) groups excluding carboxylic acids is 1. The molecule has 2 heteroatoms. The van der Waals surface area contributed by atoms with Crippen LogP contribution in [0.3, 0.4) is 0 Å². The van der Waals surface area contributed by atoms with Gasteiger partial charge >= 0.3 is 0 Å². The first-order valence-electron chi connectivity index (χ1n) is 3.76. The molecule has 2 saturated carbocycles. The molecule has 2 rings (SSSR count). The lowest BCUT2D eigenvalue weighted by atomic mass is 9.99. The summed E-state index contributed by atoms with van der Waals surface area (Å²) in [6.07, 6.45) is -0.0289. The third-order valence-electron chi connectivity index (χ3n) is 3.23. The van der Waals surface area contributed by atoms with Crippen molar-refractivity contribution in [3.8, 4) is 0 Å². The van der Waals surface area contributed by atoms with Crippen molar-refractivity contribution in [2.24, 2.45) is 17.3 Å². The van der Waals surface area contributed by atoms with Crippen LogP contribution in [0, 0.1) is 17.3 Å². The molecule has 56 valence electrons. The normalized spacial score (nSPS) is 49.1. The summed E-state index contributed by atoms with van der Waals surface area (Å²) in [6.45, 7) is 4.25. The lowest BCUT2D eigenvalue weighted by Gasteiger charge is -2.09. The van der Waals surface area contributed by atoms with Crippen molar-refractivity contribution in [2.45, 2.75) is 26.4 Å². The lowest BCUT2D eigenvalue weighted by Crippen LogP contribution is -2.21. The monoisotopic (exact) mass is 140 g/mol. The van der Waals surface area contributed by atoms with Gasteiger partial charge in [-0.25, -0.2) is 0 Å². The molecular weight excluding hydrogens is 128 g/mol. The Morgan fingerprint density at radius 3 is 2.50 bits per heavy atom. The van der Waals surface area contributed by atoms with Gasteiger partial charge in [0.25, 0.3) is 0 Å². The van der Waals surface area contributed by atoms with E-state index in [9.17, 15) is 9.90 Å². The number of rotatable bonds is 0. The lowest BCUT2D eigenvalue weighted by molar-refractivity contribution is -0.126. The van der Waals surface area contributed by atoms with Crippen molar-refractivity contribution in [1.82, 2.24) is 0 Å². The quantitative estimate of drug-likeness (QED) is 0.534. The van der Waals surface area contributed by atoms with Crippen LogP contribution in [0.25, 0.3) is 0 Å². The molecule has 1 N–H and O–H groups in total. The molecule has 3 atom stereocenters. The van der Waals surface area contributed by atoms with Crippen molar-refractivity contribution in [2.75, 3.05) is 0 Å². The minimum absolute atomic E-state index is 0.0503. The summed E-state index contributed by atoms with van der Waals surface area (Å²) in [7, 11) is 0. The van der Waals surface area contributed by atoms with E-state index in [1.54, 1.807) is 0 Å². The number of hydrogen-bond acceptors (Lipinski definition) is 2. The minimum Gasteiger partial charge on any atom is -0.385 e. The van der Waals surface area contributed by atoms with Crippen LogP contribution in [0.5, 0.6) is 0 Å². The van der Waals surface area contributed by atoms with Crippen LogP contribution in [-0.2, 0) is 4.79 Å². The maximum atomic E-state index is 10.9. The fourth-order valence-electron chi connectivity index (χ4n) is 2.34. The average Bonchev–Trinajstić information content (AvgIpc) is 2.12. The van der Waals surface area contributed by atoms with Crippen LogP contribution in [0.15, 0.2) is 0 Å². The van der Waals surface area contributed by atoms with Gasteiger partial charge in [0.2, 0.25) is 0 Å². The summed E-state index contributed by atoms with van der Waals surface area (Å²) < 4.78 is 0. The van der Waals surface area contributed by atoms with Crippen molar-refractivity contribution in [1.29, 1.82) is 0 Å². The molecule has 2 aliphatic rings. The van der Waals surface area contributed by atoms with E-state index in [-0.39, 0.29) is 17.1 Å². The molecule has 2 nitrogen and oxygen atoms in total. The van der Waals surface area contributed by atoms with E-state index in [1.165, 1.54) is 0 Å². The second-order valence-electron chi connectivity index (χ2n) is 4.07. The molecule has 0 aromatic carbocycles. The van der Waals surface area contributed by atoms with Crippen LogP contribution in [0.2, 0.25) is 0 Å². The number of aliphatic hydroxyl groups excluding tert-OH is 1. The number of carbonyl (C=O) groups is 1. The topological polar surface area (TPSA) is 37.3 Å². The highest BCUT2D eigenvalue weighted by Crippen LogP contribution is 2.65. The van der Waals surface area contributed by atoms with Crippen molar-refractivity contribution in [3.05, 3.63) is 0 Å². The second kappa shape index (κ2) is 1.45. The van der Waals surface area contributed by atoms with Gasteiger partial charge in [-0.2, -0.15) is 0 Å². The number of fused-ring (bicyclic) bond motifs is 1. The number of aliphatic hydroxyl groups is 1. The zero-order chi connectivity index (χ0) is 7.52. The van der Waals surface area contributed by atoms with Gasteiger partial charge in [0.1, 0.15) is 6.10 Å². The van der Waals surface area contributed by atoms with E-state index < -0.39 is 6.10 Å². The Morgan fingerprint density at radius 1 is 1.60 bits per heavy atom. The highest BCUT2D eigenvalue weighted by molar-refractivity contribution is 5.87. The minimum atomic E-state index is -0.639. The first kappa shape index (κ1) is 6.35. The molecular formula is C8H12O2. The zero-order valence-corrected chi connectivity index (χ0v) is 6.29. The number of Topliss-reactive ketones (excluding diaryl/α,β-unsaturated/α-hetero) is 1. The Hall–Kier alpha value is -0.370. The largest absolute Gasteiger partial charge is 0.385 e. The molecule has 10 heavy (non-hydrogen) atoms. The van der Waals surface area contributed by atoms with Gasteiger partial charge in [-0.3, -0.25) is 4.79 Å². The average molecular weight is 140 g/mol. The second-order valence-corrected chi connectivity index (χ2v) is 4.07. The summed E-state index contributed by atoms with van der Waals surface area (Å²) in [5.41, 5.74) is 0.243. The van der Waals surface area contributed by atoms with Gasteiger partial charge in [0.15, 0.2) is 5.78 Å². The Bertz CT molecular complexity index is 195. The van der Waals surface area contributed by atoms with Gasteiger partial charge in [0, 0.05) is 12.3 Å². The Labute approximate surface area is 60.2 Å². The summed E-state index contributed by atoms with van der Waals surface area (Å²) in [4.78, 5) is 10.9. The van der Waals surface area contributed by atoms with E-state index in [4.69, 9.17) is 0 Å². The molecule has 2 aliphatic carbocycles. The smallest absolute Gasteiger partial charge is 0.161 e. The summed E-state index contributed by atoms with van der Waals surface area (Å²) in [5.74, 6) is 0.810. The summed E-state index contributed by atoms with van der Waals surface area (Å²) in [5, 5.41) is 9.29. The van der Waals surface area contributed by atoms with Crippen molar-refractivity contribution < 1.29 is 9.90 Å². The molecule has 0 unspecified atom stereocenters. The Kier molecular flexibility index (Phi) is 0.919. The predicted molar refractivity (Wildman–Crippen MR) is 36.4 cm³/mol. The summed E-state index contributed by atoms with van der Waals surface area (Å²) in [6, 6.07) is 0. The van der Waals surface area contributed by atoms with E-state index in [1.807, 2.05) is 0 Å². The van der Waals surface area contributed by atoms with Gasteiger partial charge in [-0.1, -0.05) is 13.8 Å². The molecule has 0 amide bonds. The third-order valence-corrected chi connectivity index (χ3v) is 3.23. The first-order chi connectivity index (χ1) is 4.55. The molecule has 0 radical (unpaired) electrons. The van der Waals surface area contributed by atoms with Gasteiger partial charge in [-0.05, 0) is 11.3 Å². The first-order valence-corrected chi connectivity index (χ1v) is 3.76. The molecule has 0 aromatic heterocycles. The molecule has 0 heterocycles. The van der Waals surface area contributed by atoms with E-state index in [2.05, 4.69) is 13.8 Å². The maximum Gasteiger partial charge on any atom is 0.161 e. The number of ketones is 1. The molecule has 2 fully saturated rings. The van der Waals surface area contributed by atoms with Crippen LogP contribution in [0.4, 0.5) is 0 Å². The van der Waals surface area contributed by atoms with Gasteiger partial charge < -0.3 is 5.11 Å². The zero-order valence-electron chi connectivity index (χ0n) is 6.29. The fraction of sp³-hybridized carbons (Fsp3) is 0.875. The van der Waals surface area contributed by atoms with Crippen LogP contribution in [0.1, 0.15) is 20.3 Å². The van der Waals surface area contributed by atoms with Crippen LogP contribution >= 0.6 is 0 Å². The molecule has 0 aromatic rings. The highest BCUT2D eigenvalue weighted by atomic mass is 16.3. The molecule has 0 spiro atoms. The number of hydrogen-bond donors (Lipinski definition) is 1. The molecule has 0 aliphatic heterocycles. The van der Waals surface area contributed by atoms with Crippen molar-refractivity contribution in [3.63, 3.8) is 0 Å². The molecule has 0 bridgehead atoms. The Morgan fingerprint density at radius 2 is 2.20 bits per heavy atom. The van der Waals surface area contributed by atoms with Crippen molar-refractivity contribution >= 4 is 5.78 Å². The van der Waals surface area contributed by atoms with Crippen LogP contribution < -0.4 is 0 Å². The predicted octanol–water partition coefficient (Wildman–Crippen LogP) is 0.592. The van der Waals surface area contributed by atoms with Crippen LogP contribution in [-0.4, -0.2) is 17.0 Å². The summed E-state index contributed by atoms with van der Waals surface area (Å²) >= 11 is 0. The Balaban J connectivity index is 2.21.